The Morgan fingerprint density at radius 3 is 2.09 bits per heavy atom. The van der Waals surface area contributed by atoms with E-state index in [-0.39, 0.29) is 0 Å². The van der Waals surface area contributed by atoms with Crippen molar-refractivity contribution in [2.45, 2.75) is 6.92 Å². The number of hydrogen-bond acceptors (Lipinski definition) is 5. The summed E-state index contributed by atoms with van der Waals surface area (Å²) in [5, 5.41) is 2.88. The minimum atomic E-state index is -1.52. The molecule has 7 nitrogen and oxygen atoms in total. The molecule has 0 radical (unpaired) electrons. The molecular weight excluding hydrogens is 298 g/mol. The first-order valence-electron chi connectivity index (χ1n) is 6.95. The van der Waals surface area contributed by atoms with Gasteiger partial charge in [-0.1, -0.05) is 17.7 Å². The molecule has 0 bridgehead atoms. The molecule has 0 unspecified atom stereocenters. The number of amides is 4. The number of carbonyl (C=O) groups excluding carboxylic acids is 4. The fraction of sp³-hybridized carbons (Fsp3) is 0.250. The number of allylic oxidation sites excluding steroid dienone is 1. The van der Waals surface area contributed by atoms with Crippen LogP contribution in [0.1, 0.15) is 5.56 Å². The van der Waals surface area contributed by atoms with Gasteiger partial charge in [0.2, 0.25) is 0 Å². The van der Waals surface area contributed by atoms with Crippen LogP contribution in [0.5, 0.6) is 0 Å². The number of nitrogens with zero attached hydrogens (tertiary/aromatic N) is 2. The van der Waals surface area contributed by atoms with Gasteiger partial charge in [0.15, 0.2) is 11.7 Å². The highest BCUT2D eigenvalue weighted by molar-refractivity contribution is 6.28. The van der Waals surface area contributed by atoms with E-state index in [0.717, 1.165) is 27.1 Å². The van der Waals surface area contributed by atoms with Gasteiger partial charge in [0.05, 0.1) is 0 Å². The first kappa shape index (κ1) is 16.4. The van der Waals surface area contributed by atoms with Crippen molar-refractivity contribution >= 4 is 29.3 Å². The Morgan fingerprint density at radius 2 is 1.57 bits per heavy atom. The van der Waals surface area contributed by atoms with Crippen molar-refractivity contribution in [2.24, 2.45) is 5.92 Å². The maximum Gasteiger partial charge on any atom is 0.332 e. The van der Waals surface area contributed by atoms with Gasteiger partial charge in [0.25, 0.3) is 11.8 Å². The number of barbiturate groups is 1. The standard InChI is InChI=1S/C16H17N3O4/c1-10-4-6-11(7-5-10)17-9-8-12(20)13-14(21)18(2)16(23)19(3)15(13)22/h4-9,13,17H,1-3H3/b9-8+. The van der Waals surface area contributed by atoms with Crippen molar-refractivity contribution in [1.29, 1.82) is 0 Å². The van der Waals surface area contributed by atoms with Crippen LogP contribution in [-0.2, 0) is 14.4 Å². The molecule has 23 heavy (non-hydrogen) atoms. The highest BCUT2D eigenvalue weighted by Gasteiger charge is 2.45. The van der Waals surface area contributed by atoms with Gasteiger partial charge < -0.3 is 5.32 Å². The summed E-state index contributed by atoms with van der Waals surface area (Å²) in [5.74, 6) is -3.82. The van der Waals surface area contributed by atoms with Crippen molar-refractivity contribution in [3.8, 4) is 0 Å². The second-order valence-corrected chi connectivity index (χ2v) is 5.26. The van der Waals surface area contributed by atoms with E-state index in [0.29, 0.717) is 0 Å². The van der Waals surface area contributed by atoms with Crippen molar-refractivity contribution in [2.75, 3.05) is 19.4 Å². The fourth-order valence-electron chi connectivity index (χ4n) is 2.12. The molecule has 1 aliphatic heterocycles. The number of imide groups is 2. The molecule has 0 aliphatic carbocycles. The van der Waals surface area contributed by atoms with Crippen LogP contribution in [0.2, 0.25) is 0 Å². The molecule has 0 aromatic heterocycles. The lowest BCUT2D eigenvalue weighted by molar-refractivity contribution is -0.150. The molecule has 120 valence electrons. The van der Waals surface area contributed by atoms with Crippen molar-refractivity contribution < 1.29 is 19.2 Å². The molecule has 1 aromatic rings. The van der Waals surface area contributed by atoms with E-state index in [1.165, 1.54) is 20.3 Å². The van der Waals surface area contributed by atoms with E-state index >= 15 is 0 Å². The molecule has 4 amide bonds. The maximum absolute atomic E-state index is 12.1. The van der Waals surface area contributed by atoms with Crippen molar-refractivity contribution in [3.05, 3.63) is 42.1 Å². The van der Waals surface area contributed by atoms with Crippen LogP contribution in [0, 0.1) is 12.8 Å². The molecular formula is C16H17N3O4. The summed E-state index contributed by atoms with van der Waals surface area (Å²) < 4.78 is 0. The third-order valence-electron chi connectivity index (χ3n) is 3.56. The number of ketones is 1. The maximum atomic E-state index is 12.1. The van der Waals surface area contributed by atoms with Gasteiger partial charge >= 0.3 is 6.03 Å². The third-order valence-corrected chi connectivity index (χ3v) is 3.56. The number of benzene rings is 1. The van der Waals surface area contributed by atoms with E-state index in [1.807, 2.05) is 31.2 Å². The SMILES string of the molecule is Cc1ccc(N/C=C/C(=O)C2C(=O)N(C)C(=O)N(C)C2=O)cc1. The molecule has 2 rings (SSSR count). The van der Waals surface area contributed by atoms with Gasteiger partial charge in [0, 0.05) is 26.0 Å². The molecule has 1 aliphatic rings. The summed E-state index contributed by atoms with van der Waals surface area (Å²) in [5.41, 5.74) is 1.87. The van der Waals surface area contributed by atoms with Crippen LogP contribution in [0.15, 0.2) is 36.5 Å². The number of urea groups is 1. The second-order valence-electron chi connectivity index (χ2n) is 5.26. The summed E-state index contributed by atoms with van der Waals surface area (Å²) in [4.78, 5) is 49.2. The Hall–Kier alpha value is -2.96. The van der Waals surface area contributed by atoms with Gasteiger partial charge in [-0.15, -0.1) is 0 Å². The number of hydrogen-bond donors (Lipinski definition) is 1. The minimum Gasteiger partial charge on any atom is -0.362 e. The van der Waals surface area contributed by atoms with Gasteiger partial charge in [-0.05, 0) is 25.1 Å². The number of anilines is 1. The lowest BCUT2D eigenvalue weighted by atomic mass is 9.99. The Labute approximate surface area is 133 Å². The fourth-order valence-corrected chi connectivity index (χ4v) is 2.12. The Morgan fingerprint density at radius 1 is 1.04 bits per heavy atom. The minimum absolute atomic E-state index is 0.675. The van der Waals surface area contributed by atoms with Crippen LogP contribution in [-0.4, -0.2) is 47.5 Å². The first-order valence-corrected chi connectivity index (χ1v) is 6.95. The number of aryl methyl sites for hydroxylation is 1. The predicted octanol–water partition coefficient (Wildman–Crippen LogP) is 1.16. The summed E-state index contributed by atoms with van der Waals surface area (Å²) in [7, 11) is 2.48. The molecule has 1 fully saturated rings. The van der Waals surface area contributed by atoms with E-state index in [4.69, 9.17) is 0 Å². The quantitative estimate of drug-likeness (QED) is 0.665. The van der Waals surface area contributed by atoms with Crippen LogP contribution in [0.25, 0.3) is 0 Å². The Bertz CT molecular complexity index is 670. The monoisotopic (exact) mass is 315 g/mol. The second kappa shape index (κ2) is 6.43. The Kier molecular flexibility index (Phi) is 4.59. The first-order chi connectivity index (χ1) is 10.8. The highest BCUT2D eigenvalue weighted by Crippen LogP contribution is 2.17. The van der Waals surface area contributed by atoms with Gasteiger partial charge in [0.1, 0.15) is 0 Å². The number of rotatable bonds is 4. The number of carbonyl (C=O) groups is 4. The molecule has 0 saturated carbocycles. The topological polar surface area (TPSA) is 86.8 Å². The van der Waals surface area contributed by atoms with Gasteiger partial charge in [-0.25, -0.2) is 4.79 Å². The molecule has 0 spiro atoms. The van der Waals surface area contributed by atoms with Gasteiger partial charge in [-0.2, -0.15) is 0 Å². The lowest BCUT2D eigenvalue weighted by Gasteiger charge is -2.31. The van der Waals surface area contributed by atoms with Crippen LogP contribution in [0.4, 0.5) is 10.5 Å². The third kappa shape index (κ3) is 3.28. The van der Waals surface area contributed by atoms with Gasteiger partial charge in [-0.3, -0.25) is 24.2 Å². The average Bonchev–Trinajstić information content (AvgIpc) is 2.53. The molecule has 1 aromatic carbocycles. The van der Waals surface area contributed by atoms with Crippen LogP contribution >= 0.6 is 0 Å². The lowest BCUT2D eigenvalue weighted by Crippen LogP contribution is -2.58. The van der Waals surface area contributed by atoms with Crippen LogP contribution in [0.3, 0.4) is 0 Å². The zero-order chi connectivity index (χ0) is 17.1. The van der Waals surface area contributed by atoms with Crippen molar-refractivity contribution in [1.82, 2.24) is 9.80 Å². The summed E-state index contributed by atoms with van der Waals surface area (Å²) in [6.07, 6.45) is 2.49. The molecule has 1 N–H and O–H groups in total. The molecule has 0 atom stereocenters. The average molecular weight is 315 g/mol. The molecule has 1 saturated heterocycles. The summed E-state index contributed by atoms with van der Waals surface area (Å²) >= 11 is 0. The molecule has 7 heteroatoms. The van der Waals surface area contributed by atoms with E-state index < -0.39 is 29.5 Å². The zero-order valence-corrected chi connectivity index (χ0v) is 13.1. The predicted molar refractivity (Wildman–Crippen MR) is 83.4 cm³/mol. The number of nitrogens with one attached hydrogen (secondary N) is 1. The Balaban J connectivity index is 2.08. The highest BCUT2D eigenvalue weighted by atomic mass is 16.2. The van der Waals surface area contributed by atoms with E-state index in [1.54, 1.807) is 0 Å². The zero-order valence-electron chi connectivity index (χ0n) is 13.1. The van der Waals surface area contributed by atoms with Crippen LogP contribution < -0.4 is 5.32 Å². The van der Waals surface area contributed by atoms with E-state index in [2.05, 4.69) is 5.32 Å². The normalized spacial score (nSPS) is 16.4. The van der Waals surface area contributed by atoms with Crippen molar-refractivity contribution in [3.63, 3.8) is 0 Å². The molecule has 1 heterocycles. The largest absolute Gasteiger partial charge is 0.362 e. The summed E-state index contributed by atoms with van der Waals surface area (Å²) in [6.45, 7) is 1.96. The van der Waals surface area contributed by atoms with E-state index in [9.17, 15) is 19.2 Å². The summed E-state index contributed by atoms with van der Waals surface area (Å²) in [6, 6.07) is 6.73. The smallest absolute Gasteiger partial charge is 0.332 e.